The zero-order valence-corrected chi connectivity index (χ0v) is 13.4. The third-order valence-electron chi connectivity index (χ3n) is 4.73. The molecule has 1 aliphatic carbocycles. The van der Waals surface area contributed by atoms with Gasteiger partial charge < -0.3 is 0 Å². The molecule has 0 aromatic carbocycles. The number of likely N-dealkylation sites (tertiary alicyclic amines) is 1. The standard InChI is InChI=1S/C17H21N5O/c1-12-18-6-13(7-19-12)8-21-9-14(10-21)11-22-17(23)5-15-3-2-4-16(15)20-22/h5-7,14H,2-4,8-11H2,1H3. The zero-order chi connectivity index (χ0) is 15.8. The molecule has 6 heteroatoms. The van der Waals surface area contributed by atoms with E-state index in [4.69, 9.17) is 0 Å². The summed E-state index contributed by atoms with van der Waals surface area (Å²) in [4.78, 5) is 22.9. The first-order chi connectivity index (χ1) is 11.2. The Morgan fingerprint density at radius 1 is 1.22 bits per heavy atom. The van der Waals surface area contributed by atoms with Crippen LogP contribution < -0.4 is 5.56 Å². The van der Waals surface area contributed by atoms with Crippen molar-refractivity contribution in [1.29, 1.82) is 0 Å². The molecule has 1 aliphatic heterocycles. The third-order valence-corrected chi connectivity index (χ3v) is 4.73. The Labute approximate surface area is 135 Å². The van der Waals surface area contributed by atoms with Crippen LogP contribution in [-0.2, 0) is 25.9 Å². The Kier molecular flexibility index (Phi) is 3.69. The maximum atomic E-state index is 12.1. The highest BCUT2D eigenvalue weighted by Crippen LogP contribution is 2.21. The molecule has 1 fully saturated rings. The Hall–Kier alpha value is -2.08. The summed E-state index contributed by atoms with van der Waals surface area (Å²) in [6.45, 7) is 5.50. The van der Waals surface area contributed by atoms with Gasteiger partial charge in [-0.15, -0.1) is 0 Å². The lowest BCUT2D eigenvalue weighted by Crippen LogP contribution is -2.49. The van der Waals surface area contributed by atoms with Crippen LogP contribution in [0.4, 0.5) is 0 Å². The minimum Gasteiger partial charge on any atom is -0.298 e. The van der Waals surface area contributed by atoms with Crippen LogP contribution in [-0.4, -0.2) is 37.7 Å². The summed E-state index contributed by atoms with van der Waals surface area (Å²) in [7, 11) is 0. The summed E-state index contributed by atoms with van der Waals surface area (Å²) in [5.74, 6) is 1.31. The van der Waals surface area contributed by atoms with Crippen LogP contribution >= 0.6 is 0 Å². The van der Waals surface area contributed by atoms with Crippen LogP contribution in [0.1, 0.15) is 29.1 Å². The Morgan fingerprint density at radius 2 is 2.00 bits per heavy atom. The van der Waals surface area contributed by atoms with Gasteiger partial charge in [-0.3, -0.25) is 9.69 Å². The molecule has 120 valence electrons. The fraction of sp³-hybridized carbons (Fsp3) is 0.529. The maximum Gasteiger partial charge on any atom is 0.267 e. The Bertz CT molecular complexity index is 762. The lowest BCUT2D eigenvalue weighted by molar-refractivity contribution is 0.0763. The summed E-state index contributed by atoms with van der Waals surface area (Å²) >= 11 is 0. The van der Waals surface area contributed by atoms with E-state index in [1.807, 2.05) is 19.3 Å². The van der Waals surface area contributed by atoms with Crippen molar-refractivity contribution in [3.8, 4) is 0 Å². The molecule has 0 bridgehead atoms. The molecule has 0 saturated carbocycles. The van der Waals surface area contributed by atoms with Gasteiger partial charge in [-0.1, -0.05) is 0 Å². The van der Waals surface area contributed by atoms with E-state index in [1.54, 1.807) is 10.7 Å². The molecule has 3 heterocycles. The number of fused-ring (bicyclic) bond motifs is 1. The van der Waals surface area contributed by atoms with E-state index in [-0.39, 0.29) is 5.56 Å². The van der Waals surface area contributed by atoms with E-state index < -0.39 is 0 Å². The molecular weight excluding hydrogens is 290 g/mol. The summed E-state index contributed by atoms with van der Waals surface area (Å²) in [5, 5.41) is 4.56. The molecule has 0 amide bonds. The summed E-state index contributed by atoms with van der Waals surface area (Å²) in [6, 6.07) is 1.79. The third kappa shape index (κ3) is 3.03. The number of aryl methyl sites for hydroxylation is 3. The van der Waals surface area contributed by atoms with Gasteiger partial charge in [0, 0.05) is 49.6 Å². The second-order valence-corrected chi connectivity index (χ2v) is 6.69. The Morgan fingerprint density at radius 3 is 2.78 bits per heavy atom. The first kappa shape index (κ1) is 14.5. The van der Waals surface area contributed by atoms with E-state index in [0.717, 1.165) is 68.1 Å². The van der Waals surface area contributed by atoms with Crippen LogP contribution in [0.15, 0.2) is 23.3 Å². The molecule has 2 aliphatic rings. The SMILES string of the molecule is Cc1ncc(CN2CC(Cn3nc4c(cc3=O)CCC4)C2)cn1. The lowest BCUT2D eigenvalue weighted by Gasteiger charge is -2.39. The van der Waals surface area contributed by atoms with Crippen molar-refractivity contribution in [3.05, 3.63) is 51.5 Å². The molecule has 0 unspecified atom stereocenters. The average molecular weight is 311 g/mol. The molecule has 4 rings (SSSR count). The second kappa shape index (κ2) is 5.85. The van der Waals surface area contributed by atoms with E-state index >= 15 is 0 Å². The molecule has 0 N–H and O–H groups in total. The summed E-state index contributed by atoms with van der Waals surface area (Å²) in [6.07, 6.45) is 6.93. The smallest absolute Gasteiger partial charge is 0.267 e. The predicted octanol–water partition coefficient (Wildman–Crippen LogP) is 0.962. The number of hydrogen-bond donors (Lipinski definition) is 0. The van der Waals surface area contributed by atoms with Gasteiger partial charge in [0.05, 0.1) is 12.2 Å². The van der Waals surface area contributed by atoms with Gasteiger partial charge in [0.1, 0.15) is 5.82 Å². The summed E-state index contributed by atoms with van der Waals surface area (Å²) < 4.78 is 1.67. The highest BCUT2D eigenvalue weighted by atomic mass is 16.1. The van der Waals surface area contributed by atoms with Crippen molar-refractivity contribution < 1.29 is 0 Å². The number of rotatable bonds is 4. The predicted molar refractivity (Wildman–Crippen MR) is 86.1 cm³/mol. The zero-order valence-electron chi connectivity index (χ0n) is 13.4. The van der Waals surface area contributed by atoms with E-state index in [2.05, 4.69) is 20.0 Å². The normalized spacial score (nSPS) is 18.0. The van der Waals surface area contributed by atoms with Gasteiger partial charge in [0.25, 0.3) is 5.56 Å². The lowest BCUT2D eigenvalue weighted by atomic mass is 9.99. The van der Waals surface area contributed by atoms with Crippen LogP contribution in [0.3, 0.4) is 0 Å². The second-order valence-electron chi connectivity index (χ2n) is 6.69. The minimum atomic E-state index is 0.0519. The summed E-state index contributed by atoms with van der Waals surface area (Å²) in [5.41, 5.74) is 3.47. The van der Waals surface area contributed by atoms with Crippen LogP contribution in [0.25, 0.3) is 0 Å². The van der Waals surface area contributed by atoms with Crippen molar-refractivity contribution in [2.24, 2.45) is 5.92 Å². The fourth-order valence-corrected chi connectivity index (χ4v) is 3.50. The molecular formula is C17H21N5O. The first-order valence-electron chi connectivity index (χ1n) is 8.27. The largest absolute Gasteiger partial charge is 0.298 e. The molecule has 0 radical (unpaired) electrons. The van der Waals surface area contributed by atoms with Gasteiger partial charge in [-0.2, -0.15) is 5.10 Å². The van der Waals surface area contributed by atoms with Crippen molar-refractivity contribution >= 4 is 0 Å². The van der Waals surface area contributed by atoms with Crippen molar-refractivity contribution in [2.75, 3.05) is 13.1 Å². The highest BCUT2D eigenvalue weighted by molar-refractivity contribution is 5.22. The average Bonchev–Trinajstić information content (AvgIpc) is 2.94. The monoisotopic (exact) mass is 311 g/mol. The van der Waals surface area contributed by atoms with E-state index in [0.29, 0.717) is 5.92 Å². The number of aromatic nitrogens is 4. The quantitative estimate of drug-likeness (QED) is 0.841. The van der Waals surface area contributed by atoms with Crippen LogP contribution in [0.5, 0.6) is 0 Å². The van der Waals surface area contributed by atoms with Gasteiger partial charge >= 0.3 is 0 Å². The molecule has 1 saturated heterocycles. The van der Waals surface area contributed by atoms with Crippen LogP contribution in [0.2, 0.25) is 0 Å². The minimum absolute atomic E-state index is 0.0519. The van der Waals surface area contributed by atoms with Crippen LogP contribution in [0, 0.1) is 12.8 Å². The van der Waals surface area contributed by atoms with Gasteiger partial charge in [-0.25, -0.2) is 14.6 Å². The number of nitrogens with zero attached hydrogens (tertiary/aromatic N) is 5. The van der Waals surface area contributed by atoms with Gasteiger partial charge in [-0.05, 0) is 31.7 Å². The molecule has 6 nitrogen and oxygen atoms in total. The van der Waals surface area contributed by atoms with Crippen molar-refractivity contribution in [1.82, 2.24) is 24.6 Å². The fourth-order valence-electron chi connectivity index (χ4n) is 3.50. The first-order valence-corrected chi connectivity index (χ1v) is 8.27. The number of hydrogen-bond acceptors (Lipinski definition) is 5. The van der Waals surface area contributed by atoms with Gasteiger partial charge in [0.2, 0.25) is 0 Å². The topological polar surface area (TPSA) is 63.9 Å². The molecule has 0 spiro atoms. The van der Waals surface area contributed by atoms with Crippen molar-refractivity contribution in [2.45, 2.75) is 39.3 Å². The van der Waals surface area contributed by atoms with Crippen molar-refractivity contribution in [3.63, 3.8) is 0 Å². The van der Waals surface area contributed by atoms with Gasteiger partial charge in [0.15, 0.2) is 0 Å². The Balaban J connectivity index is 1.34. The van der Waals surface area contributed by atoms with E-state index in [9.17, 15) is 4.79 Å². The molecule has 2 aromatic heterocycles. The molecule has 2 aromatic rings. The van der Waals surface area contributed by atoms with E-state index in [1.165, 1.54) is 0 Å². The molecule has 23 heavy (non-hydrogen) atoms. The highest BCUT2D eigenvalue weighted by Gasteiger charge is 2.28. The maximum absolute atomic E-state index is 12.1. The molecule has 0 atom stereocenters.